The fourth-order valence-corrected chi connectivity index (χ4v) is 4.18. The van der Waals surface area contributed by atoms with Crippen LogP contribution in [0, 0.1) is 5.21 Å². The third kappa shape index (κ3) is 2.09. The highest BCUT2D eigenvalue weighted by atomic mass is 32.2. The lowest BCUT2D eigenvalue weighted by Crippen LogP contribution is -2.39. The quantitative estimate of drug-likeness (QED) is 0.494. The number of aromatic nitrogens is 3. The van der Waals surface area contributed by atoms with E-state index in [-0.39, 0.29) is 12.6 Å². The molecular weight excluding hydrogens is 316 g/mol. The molecule has 0 radical (unpaired) electrons. The van der Waals surface area contributed by atoms with E-state index in [1.165, 1.54) is 16.8 Å². The minimum atomic E-state index is -3.28. The Morgan fingerprint density at radius 3 is 2.83 bits per heavy atom. The lowest BCUT2D eigenvalue weighted by Gasteiger charge is -2.31. The monoisotopic (exact) mass is 332 g/mol. The Labute approximate surface area is 133 Å². The zero-order chi connectivity index (χ0) is 16.4. The lowest BCUT2D eigenvalue weighted by atomic mass is 10.1. The molecule has 0 bridgehead atoms. The summed E-state index contributed by atoms with van der Waals surface area (Å²) in [4.78, 5) is 4.51. The van der Waals surface area contributed by atoms with E-state index in [4.69, 9.17) is 0 Å². The van der Waals surface area contributed by atoms with Crippen LogP contribution in [0.25, 0.3) is 21.9 Å². The Balaban J connectivity index is 2.04. The van der Waals surface area contributed by atoms with Crippen molar-refractivity contribution in [3.8, 4) is 0 Å². The van der Waals surface area contributed by atoms with Crippen LogP contribution in [0.5, 0.6) is 0 Å². The molecule has 4 rings (SSSR count). The van der Waals surface area contributed by atoms with Gasteiger partial charge in [-0.25, -0.2) is 13.4 Å². The van der Waals surface area contributed by atoms with E-state index in [2.05, 4.69) is 9.55 Å². The van der Waals surface area contributed by atoms with Crippen LogP contribution < -0.4 is 4.73 Å². The Morgan fingerprint density at radius 2 is 2.09 bits per heavy atom. The van der Waals surface area contributed by atoms with Crippen molar-refractivity contribution in [1.82, 2.24) is 13.9 Å². The van der Waals surface area contributed by atoms with Gasteiger partial charge in [0.15, 0.2) is 5.52 Å². The van der Waals surface area contributed by atoms with Gasteiger partial charge < -0.3 is 9.77 Å². The van der Waals surface area contributed by atoms with E-state index in [1.54, 1.807) is 6.07 Å². The van der Waals surface area contributed by atoms with Gasteiger partial charge in [0.05, 0.1) is 23.7 Å². The van der Waals surface area contributed by atoms with Gasteiger partial charge in [0.1, 0.15) is 5.82 Å². The molecule has 0 N–H and O–H groups in total. The summed E-state index contributed by atoms with van der Waals surface area (Å²) in [6.45, 7) is 2.60. The van der Waals surface area contributed by atoms with Crippen molar-refractivity contribution in [1.29, 1.82) is 0 Å². The van der Waals surface area contributed by atoms with Crippen LogP contribution in [0.4, 0.5) is 0 Å². The average molecular weight is 332 g/mol. The smallest absolute Gasteiger partial charge is 0.226 e. The first kappa shape index (κ1) is 14.4. The predicted octanol–water partition coefficient (Wildman–Crippen LogP) is 1.16. The molecule has 0 saturated carbocycles. The molecule has 0 unspecified atom stereocenters. The van der Waals surface area contributed by atoms with E-state index < -0.39 is 10.0 Å². The highest BCUT2D eigenvalue weighted by molar-refractivity contribution is 7.88. The van der Waals surface area contributed by atoms with Crippen LogP contribution in [0.2, 0.25) is 0 Å². The van der Waals surface area contributed by atoms with Crippen LogP contribution in [-0.2, 0) is 16.6 Å². The maximum atomic E-state index is 12.2. The Hall–Kier alpha value is -2.19. The lowest BCUT2D eigenvalue weighted by molar-refractivity contribution is -0.575. The Kier molecular flexibility index (Phi) is 2.91. The molecule has 0 saturated heterocycles. The maximum absolute atomic E-state index is 12.2. The van der Waals surface area contributed by atoms with Crippen molar-refractivity contribution in [3.05, 3.63) is 41.5 Å². The molecule has 23 heavy (non-hydrogen) atoms. The number of sulfonamides is 1. The number of rotatable bonds is 1. The van der Waals surface area contributed by atoms with Crippen LogP contribution in [0.3, 0.4) is 0 Å². The van der Waals surface area contributed by atoms with E-state index in [0.29, 0.717) is 23.4 Å². The predicted molar refractivity (Wildman–Crippen MR) is 86.2 cm³/mol. The summed E-state index contributed by atoms with van der Waals surface area (Å²) in [6.07, 6.45) is 2.67. The molecule has 1 aromatic carbocycles. The van der Waals surface area contributed by atoms with Gasteiger partial charge in [-0.15, -0.1) is 0 Å². The number of benzene rings is 1. The van der Waals surface area contributed by atoms with Gasteiger partial charge in [-0.1, -0.05) is 12.1 Å². The summed E-state index contributed by atoms with van der Waals surface area (Å²) in [6, 6.07) is 7.34. The number of imidazole rings is 1. The molecule has 1 aliphatic heterocycles. The molecule has 2 aromatic heterocycles. The highest BCUT2D eigenvalue weighted by Crippen LogP contribution is 2.31. The molecule has 0 fully saturated rings. The van der Waals surface area contributed by atoms with Gasteiger partial charge in [-0.2, -0.15) is 9.04 Å². The SMILES string of the molecule is C[C@H]1CN(S(C)(=O)=O)Cc2nc3c[n+]([O-])c4ccccc4c3n21. The minimum Gasteiger partial charge on any atom is -0.618 e. The first-order valence-corrected chi connectivity index (χ1v) is 9.18. The Morgan fingerprint density at radius 1 is 1.35 bits per heavy atom. The third-order valence-corrected chi connectivity index (χ3v) is 5.56. The van der Waals surface area contributed by atoms with Gasteiger partial charge >= 0.3 is 0 Å². The molecule has 1 aliphatic rings. The highest BCUT2D eigenvalue weighted by Gasteiger charge is 2.31. The second kappa shape index (κ2) is 4.65. The van der Waals surface area contributed by atoms with E-state index in [9.17, 15) is 13.6 Å². The normalized spacial score (nSPS) is 19.3. The van der Waals surface area contributed by atoms with E-state index >= 15 is 0 Å². The third-order valence-electron chi connectivity index (χ3n) is 4.34. The van der Waals surface area contributed by atoms with Crippen molar-refractivity contribution in [2.45, 2.75) is 19.5 Å². The summed E-state index contributed by atoms with van der Waals surface area (Å²) in [5.41, 5.74) is 2.07. The zero-order valence-corrected chi connectivity index (χ0v) is 13.6. The molecule has 3 heterocycles. The van der Waals surface area contributed by atoms with Crippen LogP contribution in [0.15, 0.2) is 30.5 Å². The topological polar surface area (TPSA) is 82.1 Å². The summed E-state index contributed by atoms with van der Waals surface area (Å²) >= 11 is 0. The standard InChI is InChI=1S/C15H16N4O3S/c1-10-7-17(23(2,21)22)9-14-16-12-8-18(20)13-6-4-3-5-11(13)15(12)19(10)14/h3-6,8,10H,7,9H2,1-2H3/t10-/m0/s1. The van der Waals surface area contributed by atoms with Crippen molar-refractivity contribution < 1.29 is 13.1 Å². The van der Waals surface area contributed by atoms with Gasteiger partial charge in [-0.3, -0.25) is 0 Å². The summed E-state index contributed by atoms with van der Waals surface area (Å²) in [7, 11) is -3.28. The minimum absolute atomic E-state index is 0.0515. The summed E-state index contributed by atoms with van der Waals surface area (Å²) in [5, 5.41) is 13.0. The molecule has 120 valence electrons. The number of pyridine rings is 1. The van der Waals surface area contributed by atoms with Crippen molar-refractivity contribution in [2.75, 3.05) is 12.8 Å². The molecular formula is C15H16N4O3S. The van der Waals surface area contributed by atoms with Crippen LogP contribution >= 0.6 is 0 Å². The van der Waals surface area contributed by atoms with Gasteiger partial charge in [0, 0.05) is 18.7 Å². The fourth-order valence-electron chi connectivity index (χ4n) is 3.34. The number of fused-ring (bicyclic) bond motifs is 5. The summed E-state index contributed by atoms with van der Waals surface area (Å²) < 4.78 is 28.0. The van der Waals surface area contributed by atoms with Crippen LogP contribution in [0.1, 0.15) is 18.8 Å². The van der Waals surface area contributed by atoms with Crippen LogP contribution in [-0.4, -0.2) is 35.1 Å². The van der Waals surface area contributed by atoms with Gasteiger partial charge in [-0.05, 0) is 13.0 Å². The number of hydrogen-bond donors (Lipinski definition) is 0. The second-order valence-corrected chi connectivity index (χ2v) is 7.99. The first-order chi connectivity index (χ1) is 10.9. The largest absolute Gasteiger partial charge is 0.618 e. The fraction of sp³-hybridized carbons (Fsp3) is 0.333. The molecule has 7 nitrogen and oxygen atoms in total. The molecule has 0 aliphatic carbocycles. The van der Waals surface area contributed by atoms with E-state index in [0.717, 1.165) is 15.6 Å². The zero-order valence-electron chi connectivity index (χ0n) is 12.8. The molecule has 8 heteroatoms. The first-order valence-electron chi connectivity index (χ1n) is 7.33. The van der Waals surface area contributed by atoms with Crippen molar-refractivity contribution in [3.63, 3.8) is 0 Å². The molecule has 1 atom stereocenters. The Bertz CT molecular complexity index is 1040. The maximum Gasteiger partial charge on any atom is 0.226 e. The number of para-hydroxylation sites is 1. The molecule has 0 spiro atoms. The second-order valence-electron chi connectivity index (χ2n) is 6.01. The van der Waals surface area contributed by atoms with Crippen molar-refractivity contribution in [2.24, 2.45) is 0 Å². The number of nitrogens with zero attached hydrogens (tertiary/aromatic N) is 4. The van der Waals surface area contributed by atoms with E-state index in [1.807, 2.05) is 25.1 Å². The van der Waals surface area contributed by atoms with Gasteiger partial charge in [0.25, 0.3) is 0 Å². The molecule has 0 amide bonds. The average Bonchev–Trinajstić information content (AvgIpc) is 2.85. The summed E-state index contributed by atoms with van der Waals surface area (Å²) in [5.74, 6) is 0.667. The van der Waals surface area contributed by atoms with Crippen molar-refractivity contribution >= 4 is 32.0 Å². The number of hydrogen-bond acceptors (Lipinski definition) is 4. The molecule has 3 aromatic rings. The van der Waals surface area contributed by atoms with Gasteiger partial charge in [0.2, 0.25) is 21.7 Å².